The molecule has 1 heterocycles. The Hall–Kier alpha value is -2.22. The summed E-state index contributed by atoms with van der Waals surface area (Å²) in [6.45, 7) is 4.32. The number of nitrogens with one attached hydrogen (secondary N) is 2. The summed E-state index contributed by atoms with van der Waals surface area (Å²) >= 11 is 3.39. The summed E-state index contributed by atoms with van der Waals surface area (Å²) in [5, 5.41) is 17.1. The summed E-state index contributed by atoms with van der Waals surface area (Å²) in [6.07, 6.45) is 1.29. The van der Waals surface area contributed by atoms with E-state index < -0.39 is 4.92 Å². The van der Waals surface area contributed by atoms with Gasteiger partial charge < -0.3 is 10.6 Å². The van der Waals surface area contributed by atoms with Crippen LogP contribution in [-0.2, 0) is 0 Å². The second kappa shape index (κ2) is 6.49. The van der Waals surface area contributed by atoms with E-state index in [0.29, 0.717) is 12.2 Å². The van der Waals surface area contributed by atoms with Crippen molar-refractivity contribution < 1.29 is 4.92 Å². The normalized spacial score (nSPS) is 10.2. The van der Waals surface area contributed by atoms with Crippen LogP contribution in [0.25, 0.3) is 0 Å². The summed E-state index contributed by atoms with van der Waals surface area (Å²) in [5.74, 6) is 0.357. The van der Waals surface area contributed by atoms with Gasteiger partial charge in [-0.15, -0.1) is 0 Å². The van der Waals surface area contributed by atoms with Crippen LogP contribution in [-0.4, -0.2) is 21.4 Å². The van der Waals surface area contributed by atoms with Crippen LogP contribution in [0.1, 0.15) is 12.5 Å². The average Bonchev–Trinajstić information content (AvgIpc) is 2.37. The Bertz CT molecular complexity index is 657. The fourth-order valence-electron chi connectivity index (χ4n) is 1.89. The zero-order valence-electron chi connectivity index (χ0n) is 11.6. The Morgan fingerprint density at radius 3 is 2.62 bits per heavy atom. The summed E-state index contributed by atoms with van der Waals surface area (Å²) in [6, 6.07) is 5.65. The van der Waals surface area contributed by atoms with Crippen LogP contribution in [0.3, 0.4) is 0 Å². The summed E-state index contributed by atoms with van der Waals surface area (Å²) in [5.41, 5.74) is 1.57. The summed E-state index contributed by atoms with van der Waals surface area (Å²) in [4.78, 5) is 18.7. The highest BCUT2D eigenvalue weighted by Crippen LogP contribution is 2.31. The van der Waals surface area contributed by atoms with Crippen LogP contribution in [0, 0.1) is 17.0 Å². The number of nitrogens with zero attached hydrogens (tertiary/aromatic N) is 3. The standard InChI is InChI=1S/C13H14BrN5O2/c1-3-15-12-11(19(20)21)13(17-7-16-12)18-10-5-8(2)4-9(14)6-10/h4-7H,3H2,1-2H3,(H2,15,16,17,18). The van der Waals surface area contributed by atoms with E-state index in [-0.39, 0.29) is 17.3 Å². The van der Waals surface area contributed by atoms with Crippen molar-refractivity contribution in [1.82, 2.24) is 9.97 Å². The molecule has 7 nitrogen and oxygen atoms in total. The quantitative estimate of drug-likeness (QED) is 0.631. The molecule has 0 aliphatic carbocycles. The summed E-state index contributed by atoms with van der Waals surface area (Å²) in [7, 11) is 0. The molecule has 0 bridgehead atoms. The zero-order valence-corrected chi connectivity index (χ0v) is 13.1. The Labute approximate surface area is 130 Å². The Morgan fingerprint density at radius 1 is 1.29 bits per heavy atom. The van der Waals surface area contributed by atoms with E-state index >= 15 is 0 Å². The van der Waals surface area contributed by atoms with Crippen LogP contribution in [0.15, 0.2) is 29.0 Å². The molecule has 0 atom stereocenters. The van der Waals surface area contributed by atoms with E-state index in [9.17, 15) is 10.1 Å². The molecular formula is C13H14BrN5O2. The van der Waals surface area contributed by atoms with Crippen LogP contribution < -0.4 is 10.6 Å². The number of aromatic nitrogens is 2. The highest BCUT2D eigenvalue weighted by molar-refractivity contribution is 9.10. The zero-order chi connectivity index (χ0) is 15.4. The Morgan fingerprint density at radius 2 is 2.00 bits per heavy atom. The Balaban J connectivity index is 2.43. The highest BCUT2D eigenvalue weighted by atomic mass is 79.9. The van der Waals surface area contributed by atoms with Crippen molar-refractivity contribution in [3.63, 3.8) is 0 Å². The molecule has 1 aromatic carbocycles. The number of hydrogen-bond donors (Lipinski definition) is 2. The number of benzene rings is 1. The van der Waals surface area contributed by atoms with Gasteiger partial charge >= 0.3 is 5.69 Å². The van der Waals surface area contributed by atoms with Crippen molar-refractivity contribution in [1.29, 1.82) is 0 Å². The third-order valence-corrected chi connectivity index (χ3v) is 3.11. The number of aryl methyl sites for hydroxylation is 1. The first-order chi connectivity index (χ1) is 10.0. The molecule has 0 spiro atoms. The van der Waals surface area contributed by atoms with Crippen molar-refractivity contribution in [2.24, 2.45) is 0 Å². The van der Waals surface area contributed by atoms with E-state index in [2.05, 4.69) is 36.5 Å². The molecule has 0 saturated heterocycles. The average molecular weight is 352 g/mol. The van der Waals surface area contributed by atoms with Gasteiger partial charge in [-0.3, -0.25) is 10.1 Å². The lowest BCUT2D eigenvalue weighted by Crippen LogP contribution is -2.07. The number of rotatable bonds is 5. The molecule has 0 fully saturated rings. The number of anilines is 3. The lowest BCUT2D eigenvalue weighted by atomic mass is 10.2. The second-order valence-electron chi connectivity index (χ2n) is 4.35. The first kappa shape index (κ1) is 15.2. The molecule has 0 amide bonds. The van der Waals surface area contributed by atoms with E-state index in [0.717, 1.165) is 10.0 Å². The van der Waals surface area contributed by atoms with E-state index in [1.807, 2.05) is 32.0 Å². The number of nitro groups is 1. The first-order valence-corrected chi connectivity index (χ1v) is 7.08. The molecule has 2 rings (SSSR count). The maximum absolute atomic E-state index is 11.3. The maximum Gasteiger partial charge on any atom is 0.353 e. The van der Waals surface area contributed by atoms with Crippen LogP contribution in [0.4, 0.5) is 23.0 Å². The molecule has 0 radical (unpaired) electrons. The molecule has 2 N–H and O–H groups in total. The molecule has 0 saturated carbocycles. The van der Waals surface area contributed by atoms with E-state index in [4.69, 9.17) is 0 Å². The van der Waals surface area contributed by atoms with E-state index in [1.165, 1.54) is 6.33 Å². The van der Waals surface area contributed by atoms with Gasteiger partial charge in [0.15, 0.2) is 0 Å². The minimum absolute atomic E-state index is 0.156. The lowest BCUT2D eigenvalue weighted by Gasteiger charge is -2.10. The number of hydrogen-bond acceptors (Lipinski definition) is 6. The van der Waals surface area contributed by atoms with Crippen molar-refractivity contribution in [2.75, 3.05) is 17.2 Å². The molecule has 21 heavy (non-hydrogen) atoms. The molecule has 0 unspecified atom stereocenters. The highest BCUT2D eigenvalue weighted by Gasteiger charge is 2.22. The van der Waals surface area contributed by atoms with Gasteiger partial charge in [-0.1, -0.05) is 15.9 Å². The predicted octanol–water partition coefficient (Wildman–Crippen LogP) is 3.63. The van der Waals surface area contributed by atoms with Crippen molar-refractivity contribution >= 4 is 38.9 Å². The van der Waals surface area contributed by atoms with Gasteiger partial charge in [0.25, 0.3) is 0 Å². The molecular weight excluding hydrogens is 338 g/mol. The van der Waals surface area contributed by atoms with Crippen molar-refractivity contribution in [3.05, 3.63) is 44.7 Å². The first-order valence-electron chi connectivity index (χ1n) is 6.28. The van der Waals surface area contributed by atoms with Crippen LogP contribution in [0.5, 0.6) is 0 Å². The molecule has 0 aliphatic heterocycles. The fraction of sp³-hybridized carbons (Fsp3) is 0.231. The van der Waals surface area contributed by atoms with Crippen molar-refractivity contribution in [3.8, 4) is 0 Å². The minimum Gasteiger partial charge on any atom is -0.364 e. The fourth-order valence-corrected chi connectivity index (χ4v) is 2.49. The van der Waals surface area contributed by atoms with Gasteiger partial charge in [0, 0.05) is 16.7 Å². The predicted molar refractivity (Wildman–Crippen MR) is 85.0 cm³/mol. The largest absolute Gasteiger partial charge is 0.364 e. The van der Waals surface area contributed by atoms with Crippen molar-refractivity contribution in [2.45, 2.75) is 13.8 Å². The van der Waals surface area contributed by atoms with Gasteiger partial charge in [-0.2, -0.15) is 0 Å². The van der Waals surface area contributed by atoms with Crippen LogP contribution >= 0.6 is 15.9 Å². The molecule has 8 heteroatoms. The third kappa shape index (κ3) is 3.66. The second-order valence-corrected chi connectivity index (χ2v) is 5.26. The minimum atomic E-state index is -0.495. The van der Waals surface area contributed by atoms with Gasteiger partial charge in [0.1, 0.15) is 6.33 Å². The van der Waals surface area contributed by atoms with E-state index in [1.54, 1.807) is 0 Å². The topological polar surface area (TPSA) is 93.0 Å². The lowest BCUT2D eigenvalue weighted by molar-refractivity contribution is -0.383. The van der Waals surface area contributed by atoms with Crippen LogP contribution in [0.2, 0.25) is 0 Å². The molecule has 2 aromatic rings. The molecule has 110 valence electrons. The number of halogens is 1. The molecule has 0 aliphatic rings. The van der Waals surface area contributed by atoms with Gasteiger partial charge in [-0.05, 0) is 37.6 Å². The summed E-state index contributed by atoms with van der Waals surface area (Å²) < 4.78 is 0.883. The SMILES string of the molecule is CCNc1ncnc(Nc2cc(C)cc(Br)c2)c1[N+](=O)[O-]. The smallest absolute Gasteiger partial charge is 0.353 e. The Kier molecular flexibility index (Phi) is 4.69. The monoisotopic (exact) mass is 351 g/mol. The van der Waals surface area contributed by atoms with Gasteiger partial charge in [0.05, 0.1) is 4.92 Å². The molecule has 1 aromatic heterocycles. The maximum atomic E-state index is 11.3. The third-order valence-electron chi connectivity index (χ3n) is 2.65. The van der Waals surface area contributed by atoms with Gasteiger partial charge in [0.2, 0.25) is 11.6 Å². The van der Waals surface area contributed by atoms with Gasteiger partial charge in [-0.25, -0.2) is 9.97 Å².